The first kappa shape index (κ1) is 16.0. The molecule has 1 rings (SSSR count). The molecule has 1 aromatic rings. The Morgan fingerprint density at radius 3 is 2.58 bits per heavy atom. The lowest BCUT2D eigenvalue weighted by molar-refractivity contribution is 0.583. The lowest BCUT2D eigenvalue weighted by Gasteiger charge is -2.21. The maximum absolute atomic E-state index is 12.2. The topological polar surface area (TPSA) is 57.9 Å². The smallest absolute Gasteiger partial charge is 0.266 e. The number of pyridine rings is 1. The van der Waals surface area contributed by atoms with Crippen molar-refractivity contribution in [3.05, 3.63) is 38.1 Å². The molecule has 0 aliphatic carbocycles. The Hall–Kier alpha value is -1.01. The van der Waals surface area contributed by atoms with Gasteiger partial charge >= 0.3 is 0 Å². The van der Waals surface area contributed by atoms with E-state index in [1.54, 1.807) is 17.6 Å². The molecule has 0 atom stereocenters. The standard InChI is InChI=1S/C13H18BrN3OS/c1-7(2)17-12(16-9(4)19-5)10(8(3)15)6-11(14)13(17)18/h6-7,15-16H,4H2,1-3,5H3. The predicted octanol–water partition coefficient (Wildman–Crippen LogP) is 3.83. The molecule has 2 N–H and O–H groups in total. The van der Waals surface area contributed by atoms with Crippen LogP contribution in [0.4, 0.5) is 5.82 Å². The van der Waals surface area contributed by atoms with Crippen molar-refractivity contribution in [3.63, 3.8) is 0 Å². The Morgan fingerprint density at radius 2 is 2.16 bits per heavy atom. The van der Waals surface area contributed by atoms with Gasteiger partial charge in [0.05, 0.1) is 9.50 Å². The molecule has 0 bridgehead atoms. The predicted molar refractivity (Wildman–Crippen MR) is 87.6 cm³/mol. The summed E-state index contributed by atoms with van der Waals surface area (Å²) in [5.74, 6) is 0.620. The Kier molecular flexibility index (Phi) is 5.43. The summed E-state index contributed by atoms with van der Waals surface area (Å²) in [5.41, 5.74) is 0.971. The van der Waals surface area contributed by atoms with Crippen molar-refractivity contribution in [2.75, 3.05) is 11.6 Å². The Balaban J connectivity index is 3.61. The van der Waals surface area contributed by atoms with Crippen LogP contribution in [-0.2, 0) is 0 Å². The lowest BCUT2D eigenvalue weighted by atomic mass is 10.1. The maximum atomic E-state index is 12.2. The Labute approximate surface area is 125 Å². The minimum absolute atomic E-state index is 0.0137. The van der Waals surface area contributed by atoms with Crippen molar-refractivity contribution in [3.8, 4) is 0 Å². The van der Waals surface area contributed by atoms with Crippen LogP contribution in [0, 0.1) is 5.41 Å². The third-order valence-corrected chi connectivity index (χ3v) is 3.78. The Bertz CT molecular complexity index is 578. The zero-order valence-corrected chi connectivity index (χ0v) is 13.9. The third kappa shape index (κ3) is 3.51. The van der Waals surface area contributed by atoms with Crippen molar-refractivity contribution >= 4 is 39.2 Å². The van der Waals surface area contributed by atoms with Crippen LogP contribution in [0.25, 0.3) is 0 Å². The van der Waals surface area contributed by atoms with Crippen LogP contribution in [-0.4, -0.2) is 16.5 Å². The molecule has 0 radical (unpaired) electrons. The molecule has 19 heavy (non-hydrogen) atoms. The van der Waals surface area contributed by atoms with Gasteiger partial charge in [-0.1, -0.05) is 6.58 Å². The summed E-state index contributed by atoms with van der Waals surface area (Å²) in [6.07, 6.45) is 1.91. The fraction of sp³-hybridized carbons (Fsp3) is 0.385. The summed E-state index contributed by atoms with van der Waals surface area (Å²) in [5, 5.41) is 11.7. The molecule has 1 aromatic heterocycles. The van der Waals surface area contributed by atoms with Gasteiger partial charge in [0.25, 0.3) is 5.56 Å². The van der Waals surface area contributed by atoms with Gasteiger partial charge in [0.2, 0.25) is 0 Å². The van der Waals surface area contributed by atoms with E-state index in [1.165, 1.54) is 11.8 Å². The monoisotopic (exact) mass is 343 g/mol. The van der Waals surface area contributed by atoms with E-state index in [0.717, 1.165) is 5.03 Å². The van der Waals surface area contributed by atoms with E-state index in [2.05, 4.69) is 27.8 Å². The van der Waals surface area contributed by atoms with Gasteiger partial charge in [0, 0.05) is 17.3 Å². The average molecular weight is 344 g/mol. The number of nitrogens with zero attached hydrogens (tertiary/aromatic N) is 1. The highest BCUT2D eigenvalue weighted by Crippen LogP contribution is 2.24. The summed E-state index contributed by atoms with van der Waals surface area (Å²) in [4.78, 5) is 12.2. The molecule has 0 amide bonds. The first-order valence-corrected chi connectivity index (χ1v) is 7.81. The summed E-state index contributed by atoms with van der Waals surface area (Å²) in [7, 11) is 0. The van der Waals surface area contributed by atoms with Gasteiger partial charge in [-0.15, -0.1) is 11.8 Å². The molecule has 104 valence electrons. The van der Waals surface area contributed by atoms with Gasteiger partial charge in [-0.3, -0.25) is 9.36 Å². The lowest BCUT2D eigenvalue weighted by Crippen LogP contribution is -2.27. The van der Waals surface area contributed by atoms with E-state index >= 15 is 0 Å². The van der Waals surface area contributed by atoms with E-state index in [-0.39, 0.29) is 11.6 Å². The van der Waals surface area contributed by atoms with Gasteiger partial charge < -0.3 is 10.7 Å². The van der Waals surface area contributed by atoms with E-state index in [1.807, 2.05) is 20.1 Å². The van der Waals surface area contributed by atoms with Crippen LogP contribution in [0.3, 0.4) is 0 Å². The minimum Gasteiger partial charge on any atom is -0.336 e. The van der Waals surface area contributed by atoms with Crippen molar-refractivity contribution in [1.82, 2.24) is 4.57 Å². The summed E-state index contributed by atoms with van der Waals surface area (Å²) >= 11 is 4.73. The number of nitrogens with one attached hydrogen (secondary N) is 2. The SMILES string of the molecule is C=C(Nc1c(C(C)=N)cc(Br)c(=O)n1C(C)C)SC. The number of rotatable bonds is 5. The molecule has 0 spiro atoms. The summed E-state index contributed by atoms with van der Waals surface area (Å²) in [6, 6.07) is 1.67. The summed E-state index contributed by atoms with van der Waals surface area (Å²) < 4.78 is 2.10. The van der Waals surface area contributed by atoms with E-state index < -0.39 is 0 Å². The van der Waals surface area contributed by atoms with E-state index in [9.17, 15) is 4.79 Å². The number of hydrogen-bond donors (Lipinski definition) is 2. The number of hydrogen-bond acceptors (Lipinski definition) is 4. The number of anilines is 1. The fourth-order valence-corrected chi connectivity index (χ4v) is 2.31. The highest BCUT2D eigenvalue weighted by atomic mass is 79.9. The molecule has 1 heterocycles. The number of aromatic nitrogens is 1. The fourth-order valence-electron chi connectivity index (χ4n) is 1.69. The number of halogens is 1. The van der Waals surface area contributed by atoms with Crippen molar-refractivity contribution in [1.29, 1.82) is 5.41 Å². The zero-order valence-electron chi connectivity index (χ0n) is 11.5. The normalized spacial score (nSPS) is 10.6. The maximum Gasteiger partial charge on any atom is 0.266 e. The van der Waals surface area contributed by atoms with Crippen LogP contribution in [0.1, 0.15) is 32.4 Å². The van der Waals surface area contributed by atoms with Crippen molar-refractivity contribution < 1.29 is 0 Å². The van der Waals surface area contributed by atoms with Gasteiger partial charge in [-0.25, -0.2) is 0 Å². The van der Waals surface area contributed by atoms with Crippen molar-refractivity contribution in [2.45, 2.75) is 26.8 Å². The average Bonchev–Trinajstić information content (AvgIpc) is 2.32. The first-order chi connectivity index (χ1) is 8.79. The second-order valence-corrected chi connectivity index (χ2v) is 6.16. The van der Waals surface area contributed by atoms with Gasteiger partial charge in [0.15, 0.2) is 0 Å². The van der Waals surface area contributed by atoms with Crippen molar-refractivity contribution in [2.24, 2.45) is 0 Å². The minimum atomic E-state index is -0.114. The first-order valence-electron chi connectivity index (χ1n) is 5.80. The molecule has 6 heteroatoms. The van der Waals surface area contributed by atoms with Crippen LogP contribution < -0.4 is 10.9 Å². The zero-order chi connectivity index (χ0) is 14.7. The molecule has 0 aliphatic heterocycles. The molecule has 0 aromatic carbocycles. The van der Waals surface area contributed by atoms with Crippen LogP contribution in [0.15, 0.2) is 26.9 Å². The van der Waals surface area contributed by atoms with Gasteiger partial charge in [0.1, 0.15) is 5.82 Å². The Morgan fingerprint density at radius 1 is 1.58 bits per heavy atom. The molecule has 0 unspecified atom stereocenters. The molecule has 0 aliphatic rings. The highest BCUT2D eigenvalue weighted by Gasteiger charge is 2.17. The molecular weight excluding hydrogens is 326 g/mol. The second-order valence-electron chi connectivity index (χ2n) is 4.40. The van der Waals surface area contributed by atoms with Gasteiger partial charge in [-0.2, -0.15) is 0 Å². The van der Waals surface area contributed by atoms with E-state index in [4.69, 9.17) is 5.41 Å². The van der Waals surface area contributed by atoms with Crippen LogP contribution in [0.5, 0.6) is 0 Å². The largest absolute Gasteiger partial charge is 0.336 e. The molecule has 0 fully saturated rings. The second kappa shape index (κ2) is 6.43. The van der Waals surface area contributed by atoms with Gasteiger partial charge in [-0.05, 0) is 49.0 Å². The quantitative estimate of drug-likeness (QED) is 0.799. The summed E-state index contributed by atoms with van der Waals surface area (Å²) in [6.45, 7) is 9.44. The highest BCUT2D eigenvalue weighted by molar-refractivity contribution is 9.10. The molecule has 0 saturated carbocycles. The third-order valence-electron chi connectivity index (χ3n) is 2.61. The molecule has 0 saturated heterocycles. The van der Waals surface area contributed by atoms with Crippen LogP contribution >= 0.6 is 27.7 Å². The van der Waals surface area contributed by atoms with E-state index in [0.29, 0.717) is 21.6 Å². The molecular formula is C13H18BrN3OS. The number of thioether (sulfide) groups is 1. The van der Waals surface area contributed by atoms with Crippen LogP contribution in [0.2, 0.25) is 0 Å². The molecule has 4 nitrogen and oxygen atoms in total.